The predicted octanol–water partition coefficient (Wildman–Crippen LogP) is 2.67. The van der Waals surface area contributed by atoms with E-state index in [0.29, 0.717) is 18.5 Å². The largest absolute Gasteiger partial charge is 0.366 e. The van der Waals surface area contributed by atoms with Gasteiger partial charge < -0.3 is 16.0 Å². The van der Waals surface area contributed by atoms with Gasteiger partial charge in [0, 0.05) is 17.8 Å². The molecule has 0 bridgehead atoms. The highest BCUT2D eigenvalue weighted by atomic mass is 35.5. The topological polar surface area (TPSA) is 105 Å². The summed E-state index contributed by atoms with van der Waals surface area (Å²) in [7, 11) is 0. The normalized spacial score (nSPS) is 16.5. The van der Waals surface area contributed by atoms with Gasteiger partial charge in [0.2, 0.25) is 5.91 Å². The van der Waals surface area contributed by atoms with Gasteiger partial charge in [0.15, 0.2) is 0 Å². The number of pyridine rings is 1. The Labute approximate surface area is 165 Å². The van der Waals surface area contributed by atoms with Crippen molar-refractivity contribution in [1.82, 2.24) is 9.88 Å². The average Bonchev–Trinajstić information content (AvgIpc) is 2.66. The zero-order chi connectivity index (χ0) is 20.3. The number of nitrogens with two attached hydrogens (primary N) is 1. The first-order valence-electron chi connectivity index (χ1n) is 8.68. The number of hydrogen-bond donors (Lipinski definition) is 2. The molecule has 0 spiro atoms. The van der Waals surface area contributed by atoms with E-state index in [1.54, 1.807) is 6.07 Å². The Balaban J connectivity index is 1.79. The van der Waals surface area contributed by atoms with E-state index in [9.17, 15) is 18.8 Å². The van der Waals surface area contributed by atoms with E-state index >= 15 is 0 Å². The molecule has 0 aliphatic carbocycles. The number of anilines is 1. The molecular weight excluding hydrogens is 387 g/mol. The van der Waals surface area contributed by atoms with Crippen molar-refractivity contribution in [2.45, 2.75) is 25.3 Å². The molecular formula is C19H18ClFN4O3. The molecule has 3 amide bonds. The fraction of sp³-hybridized carbons (Fsp3) is 0.263. The molecule has 3 rings (SSSR count). The molecule has 2 aromatic rings. The summed E-state index contributed by atoms with van der Waals surface area (Å²) >= 11 is 5.94. The van der Waals surface area contributed by atoms with Crippen LogP contribution in [0.2, 0.25) is 5.02 Å². The number of rotatable bonds is 3. The molecule has 1 aliphatic rings. The molecule has 1 aromatic carbocycles. The van der Waals surface area contributed by atoms with Gasteiger partial charge in [-0.15, -0.1) is 0 Å². The number of carbonyl (C=O) groups is 3. The lowest BCUT2D eigenvalue weighted by atomic mass is 9.95. The summed E-state index contributed by atoms with van der Waals surface area (Å²) in [5.41, 5.74) is 6.02. The van der Waals surface area contributed by atoms with Gasteiger partial charge in [-0.3, -0.25) is 19.4 Å². The molecule has 0 radical (unpaired) electrons. The summed E-state index contributed by atoms with van der Waals surface area (Å²) in [5.74, 6) is -2.83. The van der Waals surface area contributed by atoms with Crippen LogP contribution in [-0.2, 0) is 9.59 Å². The second-order valence-corrected chi connectivity index (χ2v) is 6.93. The van der Waals surface area contributed by atoms with Crippen LogP contribution in [0, 0.1) is 5.82 Å². The second-order valence-electron chi connectivity index (χ2n) is 6.49. The number of likely N-dealkylation sites (tertiary alicyclic amines) is 1. The number of nitrogens with one attached hydrogen (secondary N) is 1. The summed E-state index contributed by atoms with van der Waals surface area (Å²) in [4.78, 5) is 41.7. The molecule has 1 atom stereocenters. The lowest BCUT2D eigenvalue weighted by molar-refractivity contribution is -0.145. The molecule has 1 fully saturated rings. The zero-order valence-electron chi connectivity index (χ0n) is 14.8. The first kappa shape index (κ1) is 19.8. The van der Waals surface area contributed by atoms with Crippen LogP contribution in [0.25, 0.3) is 0 Å². The molecule has 146 valence electrons. The van der Waals surface area contributed by atoms with Crippen LogP contribution in [0.5, 0.6) is 0 Å². The van der Waals surface area contributed by atoms with Gasteiger partial charge in [-0.05, 0) is 49.1 Å². The molecule has 9 heteroatoms. The Morgan fingerprint density at radius 1 is 1.18 bits per heavy atom. The minimum Gasteiger partial charge on any atom is -0.366 e. The van der Waals surface area contributed by atoms with Gasteiger partial charge in [0.1, 0.15) is 5.82 Å². The van der Waals surface area contributed by atoms with Crippen LogP contribution in [-0.4, -0.2) is 34.2 Å². The van der Waals surface area contributed by atoms with Crippen LogP contribution < -0.4 is 11.1 Å². The van der Waals surface area contributed by atoms with E-state index in [0.717, 1.165) is 12.8 Å². The first-order chi connectivity index (χ1) is 13.3. The summed E-state index contributed by atoms with van der Waals surface area (Å²) < 4.78 is 13.7. The van der Waals surface area contributed by atoms with E-state index in [-0.39, 0.29) is 16.3 Å². The number of nitrogens with zero attached hydrogens (tertiary/aromatic N) is 2. The summed E-state index contributed by atoms with van der Waals surface area (Å²) in [6.45, 7) is 0.366. The fourth-order valence-electron chi connectivity index (χ4n) is 3.25. The van der Waals surface area contributed by atoms with Gasteiger partial charge in [0.25, 0.3) is 0 Å². The number of piperidine rings is 1. The van der Waals surface area contributed by atoms with Crippen LogP contribution in [0.3, 0.4) is 0 Å². The van der Waals surface area contributed by atoms with E-state index in [1.807, 2.05) is 0 Å². The van der Waals surface area contributed by atoms with Crippen molar-refractivity contribution in [3.8, 4) is 0 Å². The Morgan fingerprint density at radius 2 is 1.96 bits per heavy atom. The van der Waals surface area contributed by atoms with Gasteiger partial charge >= 0.3 is 11.8 Å². The summed E-state index contributed by atoms with van der Waals surface area (Å²) in [6, 6.07) is 4.99. The summed E-state index contributed by atoms with van der Waals surface area (Å²) in [6.07, 6.45) is 4.73. The molecule has 1 aliphatic heterocycles. The smallest absolute Gasteiger partial charge is 0.313 e. The minimum atomic E-state index is -0.877. The lowest BCUT2D eigenvalue weighted by Gasteiger charge is -2.35. The van der Waals surface area contributed by atoms with Crippen molar-refractivity contribution >= 4 is 35.0 Å². The van der Waals surface area contributed by atoms with Crippen molar-refractivity contribution < 1.29 is 18.8 Å². The number of aromatic nitrogens is 1. The number of benzene rings is 1. The fourth-order valence-corrected chi connectivity index (χ4v) is 3.48. The minimum absolute atomic E-state index is 0.107. The van der Waals surface area contributed by atoms with Crippen LogP contribution in [0.1, 0.15) is 41.2 Å². The molecule has 7 nitrogen and oxygen atoms in total. The van der Waals surface area contributed by atoms with Crippen molar-refractivity contribution in [3.05, 3.63) is 58.6 Å². The maximum Gasteiger partial charge on any atom is 0.313 e. The number of hydrogen-bond acceptors (Lipinski definition) is 4. The third-order valence-corrected chi connectivity index (χ3v) is 4.73. The Hall–Kier alpha value is -3.00. The highest BCUT2D eigenvalue weighted by Gasteiger charge is 2.32. The van der Waals surface area contributed by atoms with E-state index in [4.69, 9.17) is 17.3 Å². The molecule has 1 saturated heterocycles. The first-order valence-corrected chi connectivity index (χ1v) is 9.06. The quantitative estimate of drug-likeness (QED) is 0.767. The molecule has 2 heterocycles. The zero-order valence-corrected chi connectivity index (χ0v) is 15.6. The number of halogens is 2. The average molecular weight is 405 g/mol. The monoisotopic (exact) mass is 404 g/mol. The van der Waals surface area contributed by atoms with Crippen molar-refractivity contribution in [2.75, 3.05) is 11.9 Å². The van der Waals surface area contributed by atoms with E-state index in [1.165, 1.54) is 35.5 Å². The summed E-state index contributed by atoms with van der Waals surface area (Å²) in [5, 5.41) is 2.66. The van der Waals surface area contributed by atoms with E-state index in [2.05, 4.69) is 10.3 Å². The molecule has 28 heavy (non-hydrogen) atoms. The molecule has 0 saturated carbocycles. The Morgan fingerprint density at radius 3 is 2.68 bits per heavy atom. The third-order valence-electron chi connectivity index (χ3n) is 4.51. The van der Waals surface area contributed by atoms with Gasteiger partial charge in [-0.25, -0.2) is 4.39 Å². The SMILES string of the molecule is NC(=O)c1cncc(NC(=O)C(=O)N2CCCC[C@H]2c2cc(F)cc(Cl)c2)c1. The Bertz CT molecular complexity index is 917. The predicted molar refractivity (Wildman–Crippen MR) is 101 cm³/mol. The highest BCUT2D eigenvalue weighted by Crippen LogP contribution is 2.33. The van der Waals surface area contributed by atoms with Gasteiger partial charge in [0.05, 0.1) is 23.5 Å². The number of carbonyl (C=O) groups excluding carboxylic acids is 3. The standard InChI is InChI=1S/C19H18ClFN4O3/c20-13-5-11(6-14(21)8-13)16-3-1-2-4-25(16)19(28)18(27)24-15-7-12(17(22)26)9-23-10-15/h5-10,16H,1-4H2,(H2,22,26)(H,24,27)/t16-/m0/s1. The second kappa shape index (κ2) is 8.35. The lowest BCUT2D eigenvalue weighted by Crippen LogP contribution is -2.44. The van der Waals surface area contributed by atoms with Gasteiger partial charge in [-0.1, -0.05) is 11.6 Å². The molecule has 3 N–H and O–H groups in total. The maximum absolute atomic E-state index is 13.7. The maximum atomic E-state index is 13.7. The van der Waals surface area contributed by atoms with Crippen LogP contribution in [0.15, 0.2) is 36.7 Å². The molecule has 0 unspecified atom stereocenters. The van der Waals surface area contributed by atoms with Crippen LogP contribution in [0.4, 0.5) is 10.1 Å². The highest BCUT2D eigenvalue weighted by molar-refractivity contribution is 6.39. The van der Waals surface area contributed by atoms with Crippen molar-refractivity contribution in [3.63, 3.8) is 0 Å². The molecule has 1 aromatic heterocycles. The number of primary amides is 1. The number of amides is 3. The Kier molecular flexibility index (Phi) is 5.89. The third kappa shape index (κ3) is 4.45. The van der Waals surface area contributed by atoms with Crippen molar-refractivity contribution in [1.29, 1.82) is 0 Å². The van der Waals surface area contributed by atoms with Crippen LogP contribution >= 0.6 is 11.6 Å². The van der Waals surface area contributed by atoms with Gasteiger partial charge in [-0.2, -0.15) is 0 Å². The van der Waals surface area contributed by atoms with E-state index < -0.39 is 29.6 Å². The van der Waals surface area contributed by atoms with Crippen molar-refractivity contribution in [2.24, 2.45) is 5.73 Å².